The summed E-state index contributed by atoms with van der Waals surface area (Å²) in [4.78, 5) is 8.46. The monoisotopic (exact) mass is 402 g/mol. The Hall–Kier alpha value is -3.56. The smallest absolute Gasteiger partial charge is 0.435 e. The summed E-state index contributed by atoms with van der Waals surface area (Å²) >= 11 is 0. The minimum Gasteiger partial charge on any atom is -0.494 e. The third-order valence-electron chi connectivity index (χ3n) is 4.28. The Bertz CT molecular complexity index is 1190. The highest BCUT2D eigenvalue weighted by molar-refractivity contribution is 5.75. The molecule has 0 bridgehead atoms. The summed E-state index contributed by atoms with van der Waals surface area (Å²) in [5.41, 5.74) is 2.18. The van der Waals surface area contributed by atoms with Gasteiger partial charge >= 0.3 is 6.18 Å². The van der Waals surface area contributed by atoms with Gasteiger partial charge in [-0.05, 0) is 32.0 Å². The number of benzene rings is 1. The summed E-state index contributed by atoms with van der Waals surface area (Å²) in [7, 11) is 1.52. The van der Waals surface area contributed by atoms with Crippen LogP contribution in [0.1, 0.15) is 17.1 Å². The van der Waals surface area contributed by atoms with Gasteiger partial charge in [-0.15, -0.1) is 0 Å². The van der Waals surface area contributed by atoms with Crippen LogP contribution in [0.2, 0.25) is 0 Å². The van der Waals surface area contributed by atoms with Gasteiger partial charge in [0.05, 0.1) is 42.4 Å². The molecule has 1 N–H and O–H groups in total. The molecule has 0 aliphatic carbocycles. The average Bonchev–Trinajstić information content (AvgIpc) is 3.25. The molecular formula is C19H17F3N6O. The number of anilines is 2. The van der Waals surface area contributed by atoms with Gasteiger partial charge in [0.2, 0.25) is 0 Å². The number of rotatable bonds is 4. The number of hydrogen-bond acceptors (Lipinski definition) is 5. The second kappa shape index (κ2) is 6.80. The first-order chi connectivity index (χ1) is 13.7. The second-order valence-electron chi connectivity index (χ2n) is 6.53. The van der Waals surface area contributed by atoms with E-state index in [1.165, 1.54) is 13.3 Å². The zero-order valence-electron chi connectivity index (χ0n) is 15.8. The van der Waals surface area contributed by atoms with Crippen LogP contribution in [0.5, 0.6) is 5.75 Å². The Morgan fingerprint density at radius 1 is 1.07 bits per heavy atom. The molecule has 0 radical (unpaired) electrons. The van der Waals surface area contributed by atoms with E-state index in [0.717, 1.165) is 22.0 Å². The van der Waals surface area contributed by atoms with Crippen LogP contribution in [-0.2, 0) is 6.18 Å². The van der Waals surface area contributed by atoms with Crippen LogP contribution in [0.4, 0.5) is 24.5 Å². The van der Waals surface area contributed by atoms with Crippen molar-refractivity contribution in [1.29, 1.82) is 0 Å². The SMILES string of the molecule is COc1cc(Nc2cc(C(F)(F)F)nn3cc(C)nc23)ccc1-n1cnc(C)c1. The number of aryl methyl sites for hydroxylation is 2. The highest BCUT2D eigenvalue weighted by atomic mass is 19.4. The van der Waals surface area contributed by atoms with Crippen molar-refractivity contribution >= 4 is 17.0 Å². The van der Waals surface area contributed by atoms with E-state index >= 15 is 0 Å². The van der Waals surface area contributed by atoms with Crippen molar-refractivity contribution in [3.8, 4) is 11.4 Å². The van der Waals surface area contributed by atoms with E-state index in [1.54, 1.807) is 31.5 Å². The van der Waals surface area contributed by atoms with Gasteiger partial charge in [-0.3, -0.25) is 0 Å². The first-order valence-electron chi connectivity index (χ1n) is 8.65. The Balaban J connectivity index is 1.76. The Kier molecular flexibility index (Phi) is 4.40. The van der Waals surface area contributed by atoms with E-state index in [1.807, 2.05) is 17.7 Å². The molecule has 7 nitrogen and oxygen atoms in total. The van der Waals surface area contributed by atoms with Gasteiger partial charge in [0, 0.05) is 18.0 Å². The quantitative estimate of drug-likeness (QED) is 0.551. The lowest BCUT2D eigenvalue weighted by atomic mass is 10.2. The third kappa shape index (κ3) is 3.60. The minimum atomic E-state index is -4.58. The van der Waals surface area contributed by atoms with Gasteiger partial charge in [-0.25, -0.2) is 14.5 Å². The number of hydrogen-bond donors (Lipinski definition) is 1. The fraction of sp³-hybridized carbons (Fsp3) is 0.211. The van der Waals surface area contributed by atoms with Crippen molar-refractivity contribution in [3.05, 3.63) is 60.1 Å². The first kappa shape index (κ1) is 18.8. The lowest BCUT2D eigenvalue weighted by Crippen LogP contribution is -2.12. The fourth-order valence-corrected chi connectivity index (χ4v) is 3.00. The summed E-state index contributed by atoms with van der Waals surface area (Å²) in [5.74, 6) is 0.535. The Morgan fingerprint density at radius 2 is 1.86 bits per heavy atom. The van der Waals surface area contributed by atoms with Gasteiger partial charge in [0.15, 0.2) is 11.3 Å². The topological polar surface area (TPSA) is 69.3 Å². The first-order valence-corrected chi connectivity index (χ1v) is 8.65. The second-order valence-corrected chi connectivity index (χ2v) is 6.53. The van der Waals surface area contributed by atoms with Gasteiger partial charge < -0.3 is 14.6 Å². The van der Waals surface area contributed by atoms with Crippen molar-refractivity contribution < 1.29 is 17.9 Å². The molecule has 1 aromatic carbocycles. The van der Waals surface area contributed by atoms with Crippen LogP contribution in [0.25, 0.3) is 11.3 Å². The maximum atomic E-state index is 13.2. The van der Waals surface area contributed by atoms with E-state index in [0.29, 0.717) is 22.8 Å². The number of nitrogens with zero attached hydrogens (tertiary/aromatic N) is 5. The molecule has 0 unspecified atom stereocenters. The average molecular weight is 402 g/mol. The molecule has 0 amide bonds. The van der Waals surface area contributed by atoms with Crippen molar-refractivity contribution in [3.63, 3.8) is 0 Å². The number of methoxy groups -OCH3 is 1. The van der Waals surface area contributed by atoms with E-state index in [9.17, 15) is 13.2 Å². The molecule has 0 aliphatic heterocycles. The predicted octanol–water partition coefficient (Wildman–Crippen LogP) is 4.30. The van der Waals surface area contributed by atoms with Gasteiger partial charge in [-0.2, -0.15) is 18.3 Å². The predicted molar refractivity (Wildman–Crippen MR) is 101 cm³/mol. The number of alkyl halides is 3. The highest BCUT2D eigenvalue weighted by Gasteiger charge is 2.34. The molecular weight excluding hydrogens is 385 g/mol. The Labute approximate surface area is 163 Å². The number of fused-ring (bicyclic) bond motifs is 1. The Morgan fingerprint density at radius 3 is 2.52 bits per heavy atom. The maximum Gasteiger partial charge on any atom is 0.435 e. The van der Waals surface area contributed by atoms with Crippen LogP contribution in [0, 0.1) is 13.8 Å². The van der Waals surface area contributed by atoms with Crippen molar-refractivity contribution in [1.82, 2.24) is 24.1 Å². The van der Waals surface area contributed by atoms with Crippen LogP contribution in [0.15, 0.2) is 43.0 Å². The van der Waals surface area contributed by atoms with Crippen LogP contribution in [0.3, 0.4) is 0 Å². The van der Waals surface area contributed by atoms with Gasteiger partial charge in [0.1, 0.15) is 5.75 Å². The number of halogens is 3. The summed E-state index contributed by atoms with van der Waals surface area (Å²) in [5, 5.41) is 6.62. The third-order valence-corrected chi connectivity index (χ3v) is 4.28. The van der Waals surface area contributed by atoms with Crippen LogP contribution < -0.4 is 10.1 Å². The standard InChI is InChI=1S/C19H17F3N6O/c1-11-8-27(10-23-11)15-5-4-13(6-16(15)29-3)25-14-7-17(19(20,21)22)26-28-9-12(2)24-18(14)28/h4-10,25H,1-3H3. The maximum absolute atomic E-state index is 13.2. The summed E-state index contributed by atoms with van der Waals surface area (Å²) in [6.07, 6.45) is 0.375. The fourth-order valence-electron chi connectivity index (χ4n) is 3.00. The zero-order chi connectivity index (χ0) is 20.8. The van der Waals surface area contributed by atoms with E-state index in [4.69, 9.17) is 4.74 Å². The molecule has 4 rings (SSSR count). The molecule has 0 fully saturated rings. The van der Waals surface area contributed by atoms with Crippen molar-refractivity contribution in [2.75, 3.05) is 12.4 Å². The molecule has 10 heteroatoms. The van der Waals surface area contributed by atoms with E-state index in [-0.39, 0.29) is 5.69 Å². The lowest BCUT2D eigenvalue weighted by Gasteiger charge is -2.14. The van der Waals surface area contributed by atoms with E-state index < -0.39 is 11.9 Å². The molecule has 29 heavy (non-hydrogen) atoms. The molecule has 0 atom stereocenters. The molecule has 0 spiro atoms. The lowest BCUT2D eigenvalue weighted by molar-refractivity contribution is -0.141. The van der Waals surface area contributed by atoms with Crippen molar-refractivity contribution in [2.45, 2.75) is 20.0 Å². The molecule has 3 heterocycles. The van der Waals surface area contributed by atoms with Gasteiger partial charge in [0.25, 0.3) is 0 Å². The number of imidazole rings is 2. The molecule has 3 aromatic heterocycles. The summed E-state index contributed by atoms with van der Waals surface area (Å²) in [6.45, 7) is 3.56. The molecule has 4 aromatic rings. The summed E-state index contributed by atoms with van der Waals surface area (Å²) < 4.78 is 48.1. The summed E-state index contributed by atoms with van der Waals surface area (Å²) in [6, 6.07) is 6.18. The molecule has 0 saturated heterocycles. The molecule has 0 saturated carbocycles. The van der Waals surface area contributed by atoms with Gasteiger partial charge in [-0.1, -0.05) is 0 Å². The molecule has 150 valence electrons. The highest BCUT2D eigenvalue weighted by Crippen LogP contribution is 2.33. The number of aromatic nitrogens is 5. The van der Waals surface area contributed by atoms with Crippen molar-refractivity contribution in [2.24, 2.45) is 0 Å². The number of ether oxygens (including phenoxy) is 1. The number of nitrogens with one attached hydrogen (secondary N) is 1. The molecule has 0 aliphatic rings. The largest absolute Gasteiger partial charge is 0.494 e. The van der Waals surface area contributed by atoms with E-state index in [2.05, 4.69) is 20.4 Å². The minimum absolute atomic E-state index is 0.189. The van der Waals surface area contributed by atoms with Crippen LogP contribution >= 0.6 is 0 Å². The van der Waals surface area contributed by atoms with Crippen LogP contribution in [-0.4, -0.2) is 31.3 Å². The normalized spacial score (nSPS) is 11.8. The zero-order valence-corrected chi connectivity index (χ0v) is 15.8.